The molecule has 2 aromatic heterocycles. The number of anilines is 1. The second-order valence-electron chi connectivity index (χ2n) is 4.84. The smallest absolute Gasteiger partial charge is 0.274 e. The number of rotatable bonds is 3. The molecular formula is C14H13N5O2. The highest BCUT2D eigenvalue weighted by molar-refractivity contribution is 5.63. The van der Waals surface area contributed by atoms with Crippen molar-refractivity contribution < 1.29 is 4.92 Å². The number of nitro groups is 1. The predicted molar refractivity (Wildman–Crippen MR) is 79.4 cm³/mol. The summed E-state index contributed by atoms with van der Waals surface area (Å²) in [6.45, 7) is 0. The van der Waals surface area contributed by atoms with E-state index in [1.807, 2.05) is 43.3 Å². The minimum Gasteiger partial charge on any atom is -0.378 e. The molecule has 1 aromatic carbocycles. The number of pyridine rings is 1. The van der Waals surface area contributed by atoms with Gasteiger partial charge in [-0.2, -0.15) is 0 Å². The van der Waals surface area contributed by atoms with Gasteiger partial charge in [0.2, 0.25) is 0 Å². The van der Waals surface area contributed by atoms with Crippen molar-refractivity contribution in [2.75, 3.05) is 19.0 Å². The first-order chi connectivity index (χ1) is 10.1. The lowest BCUT2D eigenvalue weighted by atomic mass is 10.2. The molecule has 7 nitrogen and oxygen atoms in total. The second kappa shape index (κ2) is 4.86. The summed E-state index contributed by atoms with van der Waals surface area (Å²) in [6, 6.07) is 10.7. The molecule has 2 heterocycles. The van der Waals surface area contributed by atoms with Gasteiger partial charge in [0.1, 0.15) is 0 Å². The van der Waals surface area contributed by atoms with Crippen LogP contribution in [0.4, 0.5) is 11.4 Å². The molecule has 0 aliphatic heterocycles. The van der Waals surface area contributed by atoms with Gasteiger partial charge < -0.3 is 4.90 Å². The van der Waals surface area contributed by atoms with Crippen molar-refractivity contribution in [1.29, 1.82) is 0 Å². The van der Waals surface area contributed by atoms with Crippen LogP contribution in [0, 0.1) is 10.1 Å². The maximum absolute atomic E-state index is 10.8. The minimum absolute atomic E-state index is 0.00408. The van der Waals surface area contributed by atoms with E-state index >= 15 is 0 Å². The maximum atomic E-state index is 10.8. The highest BCUT2D eigenvalue weighted by Gasteiger charge is 2.12. The summed E-state index contributed by atoms with van der Waals surface area (Å²) in [4.78, 5) is 12.3. The van der Waals surface area contributed by atoms with Crippen molar-refractivity contribution in [3.8, 4) is 11.4 Å². The Balaban J connectivity index is 2.06. The summed E-state index contributed by atoms with van der Waals surface area (Å²) in [7, 11) is 3.95. The second-order valence-corrected chi connectivity index (χ2v) is 4.84. The highest BCUT2D eigenvalue weighted by atomic mass is 16.6. The molecule has 0 radical (unpaired) electrons. The van der Waals surface area contributed by atoms with Gasteiger partial charge in [-0.25, -0.2) is 0 Å². The Kier molecular flexibility index (Phi) is 3.02. The van der Waals surface area contributed by atoms with Crippen molar-refractivity contribution >= 4 is 17.0 Å². The molecule has 21 heavy (non-hydrogen) atoms. The molecule has 0 aliphatic rings. The normalized spacial score (nSPS) is 10.8. The van der Waals surface area contributed by atoms with Crippen LogP contribution in [0.15, 0.2) is 42.6 Å². The van der Waals surface area contributed by atoms with Gasteiger partial charge in [-0.05, 0) is 24.3 Å². The van der Waals surface area contributed by atoms with Crippen LogP contribution < -0.4 is 4.90 Å². The zero-order valence-electron chi connectivity index (χ0n) is 11.6. The third-order valence-electron chi connectivity index (χ3n) is 3.25. The Morgan fingerprint density at radius 2 is 1.86 bits per heavy atom. The van der Waals surface area contributed by atoms with Crippen LogP contribution in [0.3, 0.4) is 0 Å². The van der Waals surface area contributed by atoms with Gasteiger partial charge in [0.25, 0.3) is 5.69 Å². The van der Waals surface area contributed by atoms with E-state index < -0.39 is 4.92 Å². The van der Waals surface area contributed by atoms with Crippen LogP contribution in [0.1, 0.15) is 0 Å². The first-order valence-electron chi connectivity index (χ1n) is 6.33. The van der Waals surface area contributed by atoms with E-state index in [4.69, 9.17) is 0 Å². The lowest BCUT2D eigenvalue weighted by molar-refractivity contribution is -0.384. The number of hydrogen-bond acceptors (Lipinski definition) is 5. The molecule has 0 N–H and O–H groups in total. The number of aromatic nitrogens is 3. The highest BCUT2D eigenvalue weighted by Crippen LogP contribution is 2.23. The first-order valence-corrected chi connectivity index (χ1v) is 6.33. The number of hydrogen-bond donors (Lipinski definition) is 0. The maximum Gasteiger partial charge on any atom is 0.274 e. The Morgan fingerprint density at radius 3 is 2.48 bits per heavy atom. The van der Waals surface area contributed by atoms with Crippen molar-refractivity contribution in [3.05, 3.63) is 52.7 Å². The van der Waals surface area contributed by atoms with E-state index in [0.717, 1.165) is 11.3 Å². The third-order valence-corrected chi connectivity index (χ3v) is 3.25. The monoisotopic (exact) mass is 283 g/mol. The fourth-order valence-corrected chi connectivity index (χ4v) is 2.10. The van der Waals surface area contributed by atoms with Crippen LogP contribution in [0.2, 0.25) is 0 Å². The Hall–Kier alpha value is -2.96. The van der Waals surface area contributed by atoms with Gasteiger partial charge in [-0.15, -0.1) is 10.2 Å². The van der Waals surface area contributed by atoms with Crippen molar-refractivity contribution in [1.82, 2.24) is 14.6 Å². The molecule has 7 heteroatoms. The predicted octanol–water partition coefficient (Wildman–Crippen LogP) is 2.37. The summed E-state index contributed by atoms with van der Waals surface area (Å²) in [5.41, 5.74) is 2.45. The van der Waals surface area contributed by atoms with E-state index in [9.17, 15) is 10.1 Å². The van der Waals surface area contributed by atoms with Gasteiger partial charge >= 0.3 is 0 Å². The van der Waals surface area contributed by atoms with E-state index in [1.165, 1.54) is 12.1 Å². The van der Waals surface area contributed by atoms with E-state index in [1.54, 1.807) is 10.6 Å². The molecule has 0 aliphatic carbocycles. The molecule has 0 atom stereocenters. The average Bonchev–Trinajstić information content (AvgIpc) is 2.90. The van der Waals surface area contributed by atoms with Crippen molar-refractivity contribution in [2.24, 2.45) is 0 Å². The summed E-state index contributed by atoms with van der Waals surface area (Å²) in [5, 5.41) is 18.9. The standard InChI is InChI=1S/C14H13N5O2/c1-17(2)11-5-3-10(4-6-11)14-16-15-13-9-12(19(20)21)7-8-18(13)14/h3-9H,1-2H3. The van der Waals surface area contributed by atoms with Gasteiger partial charge in [-0.3, -0.25) is 14.5 Å². The molecule has 106 valence electrons. The van der Waals surface area contributed by atoms with Crippen molar-refractivity contribution in [2.45, 2.75) is 0 Å². The molecule has 0 amide bonds. The van der Waals surface area contributed by atoms with Gasteiger partial charge in [0, 0.05) is 37.6 Å². The van der Waals surface area contributed by atoms with Crippen molar-refractivity contribution in [3.63, 3.8) is 0 Å². The number of fused-ring (bicyclic) bond motifs is 1. The van der Waals surface area contributed by atoms with Gasteiger partial charge in [0.05, 0.1) is 11.0 Å². The van der Waals surface area contributed by atoms with Crippen LogP contribution in [0.25, 0.3) is 17.0 Å². The van der Waals surface area contributed by atoms with Crippen LogP contribution in [0.5, 0.6) is 0 Å². The fraction of sp³-hybridized carbons (Fsp3) is 0.143. The van der Waals surface area contributed by atoms with Crippen LogP contribution >= 0.6 is 0 Å². The van der Waals surface area contributed by atoms with Crippen LogP contribution in [-0.4, -0.2) is 33.6 Å². The quantitative estimate of drug-likeness (QED) is 0.545. The van der Waals surface area contributed by atoms with E-state index in [0.29, 0.717) is 11.5 Å². The molecule has 3 rings (SSSR count). The topological polar surface area (TPSA) is 76.6 Å². The molecule has 3 aromatic rings. The number of benzene rings is 1. The summed E-state index contributed by atoms with van der Waals surface area (Å²) < 4.78 is 1.73. The fourth-order valence-electron chi connectivity index (χ4n) is 2.10. The Bertz CT molecular complexity index is 808. The summed E-state index contributed by atoms with van der Waals surface area (Å²) in [6.07, 6.45) is 1.61. The lowest BCUT2D eigenvalue weighted by Gasteiger charge is -2.12. The molecule has 0 saturated carbocycles. The Labute approximate surface area is 120 Å². The van der Waals surface area contributed by atoms with Gasteiger partial charge in [-0.1, -0.05) is 0 Å². The molecular weight excluding hydrogens is 270 g/mol. The van der Waals surface area contributed by atoms with Crippen LogP contribution in [-0.2, 0) is 0 Å². The summed E-state index contributed by atoms with van der Waals surface area (Å²) >= 11 is 0. The van der Waals surface area contributed by atoms with E-state index in [2.05, 4.69) is 10.2 Å². The molecule has 0 unspecified atom stereocenters. The average molecular weight is 283 g/mol. The molecule has 0 fully saturated rings. The largest absolute Gasteiger partial charge is 0.378 e. The SMILES string of the molecule is CN(C)c1ccc(-c2nnc3cc([N+](=O)[O-])ccn23)cc1. The third kappa shape index (κ3) is 2.29. The zero-order valence-corrected chi connectivity index (χ0v) is 11.6. The molecule has 0 bridgehead atoms. The summed E-state index contributed by atoms with van der Waals surface area (Å²) in [5.74, 6) is 0.658. The first kappa shape index (κ1) is 13.0. The van der Waals surface area contributed by atoms with E-state index in [-0.39, 0.29) is 5.69 Å². The molecule has 0 spiro atoms. The van der Waals surface area contributed by atoms with Gasteiger partial charge in [0.15, 0.2) is 11.5 Å². The Morgan fingerprint density at radius 1 is 1.14 bits per heavy atom. The number of nitrogens with zero attached hydrogens (tertiary/aromatic N) is 5. The lowest BCUT2D eigenvalue weighted by Crippen LogP contribution is -2.08. The molecule has 0 saturated heterocycles. The minimum atomic E-state index is -0.444. The zero-order chi connectivity index (χ0) is 15.0.